The van der Waals surface area contributed by atoms with Crippen LogP contribution in [0.5, 0.6) is 0 Å². The largest absolute Gasteiger partial charge is 0.460 e. The van der Waals surface area contributed by atoms with Crippen LogP contribution in [0.2, 0.25) is 0 Å². The fourth-order valence-corrected chi connectivity index (χ4v) is 4.43. The van der Waals surface area contributed by atoms with Crippen LogP contribution in [0.15, 0.2) is 72.8 Å². The summed E-state index contributed by atoms with van der Waals surface area (Å²) >= 11 is 0. The molecule has 8 nitrogen and oxygen atoms in total. The summed E-state index contributed by atoms with van der Waals surface area (Å²) in [4.78, 5) is 53.0. The van der Waals surface area contributed by atoms with Gasteiger partial charge in [-0.1, -0.05) is 92.9 Å². The molecule has 0 saturated carbocycles. The minimum Gasteiger partial charge on any atom is -0.460 e. The fraction of sp³-hybridized carbons (Fsp3) is 0.486. The number of Topliss-reactive ketones (excluding diaryl/α,β-unsaturated/α-hetero) is 1. The summed E-state index contributed by atoms with van der Waals surface area (Å²) in [6.45, 7) is 13.1. The zero-order valence-corrected chi connectivity index (χ0v) is 26.3. The van der Waals surface area contributed by atoms with E-state index >= 15 is 0 Å². The fourth-order valence-electron chi connectivity index (χ4n) is 4.43. The van der Waals surface area contributed by atoms with E-state index in [0.29, 0.717) is 17.9 Å². The van der Waals surface area contributed by atoms with Crippen LogP contribution in [0.4, 0.5) is 0 Å². The number of carbonyl (C=O) groups is 4. The highest BCUT2D eigenvalue weighted by Crippen LogP contribution is 2.24. The van der Waals surface area contributed by atoms with Crippen molar-refractivity contribution in [3.63, 3.8) is 0 Å². The molecule has 0 aromatic heterocycles. The average Bonchev–Trinajstić information content (AvgIpc) is 2.97. The molecule has 0 aliphatic carbocycles. The molecule has 2 aromatic carbocycles. The summed E-state index contributed by atoms with van der Waals surface area (Å²) in [5.74, 6) is -1.49. The van der Waals surface area contributed by atoms with Gasteiger partial charge in [-0.05, 0) is 50.7 Å². The molecular formula is C35H48N2O6. The van der Waals surface area contributed by atoms with Crippen LogP contribution >= 0.6 is 0 Å². The van der Waals surface area contributed by atoms with Crippen molar-refractivity contribution in [3.05, 3.63) is 83.9 Å². The third-order valence-electron chi connectivity index (χ3n) is 7.01. The standard InChI is InChI=1S/C35H48N2O6/c1-25(2)15-13-14-20-31(38)36-30(24-42-22-27-16-9-7-10-17-27)33(40)37-29(21-26(3)4)32(39)35(5,6)34(41)43-23-28-18-11-8-12-19-28/h7-12,16-19,25,29-30H,3,13-15,20-24H2,1-2,4-6H3,(H,36,38)(H,37,40)/t29-,30-/m0/s1. The molecule has 0 aliphatic rings. The predicted molar refractivity (Wildman–Crippen MR) is 168 cm³/mol. The van der Waals surface area contributed by atoms with Crippen LogP contribution in [-0.2, 0) is 41.9 Å². The van der Waals surface area contributed by atoms with Gasteiger partial charge in [0.2, 0.25) is 11.8 Å². The molecule has 2 amide bonds. The lowest BCUT2D eigenvalue weighted by Gasteiger charge is -2.29. The third kappa shape index (κ3) is 13.0. The predicted octanol–water partition coefficient (Wildman–Crippen LogP) is 5.69. The van der Waals surface area contributed by atoms with Crippen LogP contribution in [0.1, 0.15) is 77.8 Å². The molecular weight excluding hydrogens is 544 g/mol. The van der Waals surface area contributed by atoms with E-state index in [9.17, 15) is 19.2 Å². The minimum atomic E-state index is -1.54. The van der Waals surface area contributed by atoms with Gasteiger partial charge in [0, 0.05) is 6.42 Å². The van der Waals surface area contributed by atoms with Crippen molar-refractivity contribution in [2.75, 3.05) is 6.61 Å². The molecule has 0 unspecified atom stereocenters. The van der Waals surface area contributed by atoms with Crippen LogP contribution in [0.3, 0.4) is 0 Å². The molecule has 234 valence electrons. The van der Waals surface area contributed by atoms with Crippen molar-refractivity contribution < 1.29 is 28.7 Å². The van der Waals surface area contributed by atoms with E-state index in [0.717, 1.165) is 24.0 Å². The van der Waals surface area contributed by atoms with Crippen molar-refractivity contribution in [1.29, 1.82) is 0 Å². The van der Waals surface area contributed by atoms with Gasteiger partial charge >= 0.3 is 5.97 Å². The maximum Gasteiger partial charge on any atom is 0.319 e. The SMILES string of the molecule is C=C(C)C[C@H](NC(=O)[C@H](COCc1ccccc1)NC(=O)CCCCC(C)C)C(=O)C(C)(C)C(=O)OCc1ccccc1. The average molecular weight is 593 g/mol. The maximum atomic E-state index is 13.7. The first-order valence-corrected chi connectivity index (χ1v) is 15.0. The molecule has 2 rings (SSSR count). The molecule has 0 radical (unpaired) electrons. The first kappa shape index (κ1) is 35.4. The second kappa shape index (κ2) is 18.0. The minimum absolute atomic E-state index is 0.0257. The Labute approximate surface area is 256 Å². The summed E-state index contributed by atoms with van der Waals surface area (Å²) in [7, 11) is 0. The van der Waals surface area contributed by atoms with Crippen molar-refractivity contribution in [2.24, 2.45) is 11.3 Å². The number of ketones is 1. The molecule has 0 bridgehead atoms. The van der Waals surface area contributed by atoms with Crippen molar-refractivity contribution in [3.8, 4) is 0 Å². The van der Waals surface area contributed by atoms with Crippen LogP contribution in [0, 0.1) is 11.3 Å². The van der Waals surface area contributed by atoms with Crippen LogP contribution in [0.25, 0.3) is 0 Å². The molecule has 2 aromatic rings. The van der Waals surface area contributed by atoms with E-state index < -0.39 is 35.2 Å². The Morgan fingerprint density at radius 3 is 1.98 bits per heavy atom. The van der Waals surface area contributed by atoms with Gasteiger partial charge in [-0.15, -0.1) is 6.58 Å². The molecule has 0 spiro atoms. The second-order valence-electron chi connectivity index (χ2n) is 12.0. The lowest BCUT2D eigenvalue weighted by atomic mass is 9.82. The zero-order valence-electron chi connectivity index (χ0n) is 26.3. The molecule has 0 saturated heterocycles. The Bertz CT molecular complexity index is 1190. The highest BCUT2D eigenvalue weighted by Gasteiger charge is 2.42. The van der Waals surface area contributed by atoms with E-state index in [1.807, 2.05) is 60.7 Å². The monoisotopic (exact) mass is 592 g/mol. The molecule has 8 heteroatoms. The Kier molecular flexibility index (Phi) is 14.8. The topological polar surface area (TPSA) is 111 Å². The lowest BCUT2D eigenvalue weighted by Crippen LogP contribution is -2.56. The summed E-state index contributed by atoms with van der Waals surface area (Å²) in [6, 6.07) is 16.6. The Hall–Kier alpha value is -3.78. The first-order valence-electron chi connectivity index (χ1n) is 15.0. The number of unbranched alkanes of at least 4 members (excludes halogenated alkanes) is 1. The smallest absolute Gasteiger partial charge is 0.319 e. The quantitative estimate of drug-likeness (QED) is 0.0938. The summed E-state index contributed by atoms with van der Waals surface area (Å²) in [6.07, 6.45) is 3.05. The Balaban J connectivity index is 2.12. The van der Waals surface area contributed by atoms with Crippen molar-refractivity contribution in [2.45, 2.75) is 92.0 Å². The van der Waals surface area contributed by atoms with E-state index in [4.69, 9.17) is 9.47 Å². The van der Waals surface area contributed by atoms with Crippen molar-refractivity contribution >= 4 is 23.6 Å². The number of hydrogen-bond donors (Lipinski definition) is 2. The van der Waals surface area contributed by atoms with Gasteiger partial charge in [-0.25, -0.2) is 0 Å². The highest BCUT2D eigenvalue weighted by atomic mass is 16.5. The Morgan fingerprint density at radius 2 is 1.42 bits per heavy atom. The first-order chi connectivity index (χ1) is 20.4. The van der Waals surface area contributed by atoms with E-state index in [-0.39, 0.29) is 38.6 Å². The van der Waals surface area contributed by atoms with Gasteiger partial charge in [-0.3, -0.25) is 19.2 Å². The number of hydrogen-bond acceptors (Lipinski definition) is 6. The number of amides is 2. The van der Waals surface area contributed by atoms with Gasteiger partial charge < -0.3 is 20.1 Å². The number of esters is 1. The number of carbonyl (C=O) groups excluding carboxylic acids is 4. The van der Waals surface area contributed by atoms with Gasteiger partial charge in [0.1, 0.15) is 18.1 Å². The number of benzene rings is 2. The van der Waals surface area contributed by atoms with Gasteiger partial charge in [-0.2, -0.15) is 0 Å². The zero-order chi connectivity index (χ0) is 31.8. The van der Waals surface area contributed by atoms with Crippen molar-refractivity contribution in [1.82, 2.24) is 10.6 Å². The summed E-state index contributed by atoms with van der Waals surface area (Å²) in [5, 5.41) is 5.55. The Morgan fingerprint density at radius 1 is 0.837 bits per heavy atom. The molecule has 0 fully saturated rings. The molecule has 43 heavy (non-hydrogen) atoms. The summed E-state index contributed by atoms with van der Waals surface area (Å²) in [5.41, 5.74) is 0.830. The summed E-state index contributed by atoms with van der Waals surface area (Å²) < 4.78 is 11.3. The second-order valence-corrected chi connectivity index (χ2v) is 12.0. The molecule has 2 N–H and O–H groups in total. The van der Waals surface area contributed by atoms with E-state index in [2.05, 4.69) is 31.1 Å². The van der Waals surface area contributed by atoms with Crippen LogP contribution < -0.4 is 10.6 Å². The highest BCUT2D eigenvalue weighted by molar-refractivity contribution is 6.07. The number of nitrogens with one attached hydrogen (secondary N) is 2. The van der Waals surface area contributed by atoms with Gasteiger partial charge in [0.25, 0.3) is 0 Å². The molecule has 0 heterocycles. The maximum absolute atomic E-state index is 13.7. The molecule has 2 atom stereocenters. The number of rotatable bonds is 19. The van der Waals surface area contributed by atoms with Crippen LogP contribution in [-0.4, -0.2) is 42.3 Å². The third-order valence-corrected chi connectivity index (χ3v) is 7.01. The van der Waals surface area contributed by atoms with E-state index in [1.165, 1.54) is 13.8 Å². The van der Waals surface area contributed by atoms with Gasteiger partial charge in [0.15, 0.2) is 5.78 Å². The normalized spacial score (nSPS) is 12.7. The lowest BCUT2D eigenvalue weighted by molar-refractivity contribution is -0.160. The number of ether oxygens (including phenoxy) is 2. The van der Waals surface area contributed by atoms with E-state index in [1.54, 1.807) is 6.92 Å². The van der Waals surface area contributed by atoms with Gasteiger partial charge in [0.05, 0.1) is 19.3 Å². The molecule has 0 aliphatic heterocycles.